The Morgan fingerprint density at radius 2 is 1.81 bits per heavy atom. The number of para-hydroxylation sites is 1. The Bertz CT molecular complexity index is 1390. The maximum Gasteiger partial charge on any atom is 0.280 e. The predicted octanol–water partition coefficient (Wildman–Crippen LogP) is 6.21. The number of pyridine rings is 1. The topological polar surface area (TPSA) is 93.7 Å². The summed E-state index contributed by atoms with van der Waals surface area (Å²) in [7, 11) is 0. The molecule has 2 atom stereocenters. The fourth-order valence-corrected chi connectivity index (χ4v) is 4.72. The number of hydrogen-bond acceptors (Lipinski definition) is 6. The minimum atomic E-state index is -0.409. The fraction of sp³-hybridized carbons (Fsp3) is 0.185. The SMILES string of the molecule is CC(C)Oc1ccc(N2C(=S)N[C@@H](c3ccccn3)[C@H]2c2ccc(-c3ccccc3[N+](=O)[O-])o2)cc1. The predicted molar refractivity (Wildman–Crippen MR) is 141 cm³/mol. The van der Waals surface area contributed by atoms with E-state index in [0.29, 0.717) is 22.2 Å². The molecule has 2 aromatic heterocycles. The van der Waals surface area contributed by atoms with Crippen molar-refractivity contribution in [1.82, 2.24) is 10.3 Å². The van der Waals surface area contributed by atoms with Crippen molar-refractivity contribution < 1.29 is 14.1 Å². The minimum absolute atomic E-state index is 0.0164. The van der Waals surface area contributed by atoms with Gasteiger partial charge in [-0.15, -0.1) is 0 Å². The van der Waals surface area contributed by atoms with Crippen LogP contribution in [0.3, 0.4) is 0 Å². The second kappa shape index (κ2) is 9.79. The van der Waals surface area contributed by atoms with Crippen LogP contribution in [0.15, 0.2) is 89.5 Å². The molecular formula is C27H24N4O4S. The molecule has 5 rings (SSSR count). The Labute approximate surface area is 213 Å². The average molecular weight is 501 g/mol. The number of hydrogen-bond donors (Lipinski definition) is 1. The van der Waals surface area contributed by atoms with Gasteiger partial charge in [0, 0.05) is 18.0 Å². The van der Waals surface area contributed by atoms with E-state index in [9.17, 15) is 10.1 Å². The van der Waals surface area contributed by atoms with E-state index in [2.05, 4.69) is 10.3 Å². The Balaban J connectivity index is 1.57. The average Bonchev–Trinajstić information content (AvgIpc) is 3.49. The molecule has 0 unspecified atom stereocenters. The lowest BCUT2D eigenvalue weighted by atomic mass is 10.0. The Morgan fingerprint density at radius 1 is 1.06 bits per heavy atom. The molecule has 9 heteroatoms. The van der Waals surface area contributed by atoms with E-state index in [1.165, 1.54) is 6.07 Å². The third-order valence-corrected chi connectivity index (χ3v) is 6.18. The van der Waals surface area contributed by atoms with E-state index in [4.69, 9.17) is 21.4 Å². The first-order valence-corrected chi connectivity index (χ1v) is 11.9. The van der Waals surface area contributed by atoms with Crippen molar-refractivity contribution in [2.45, 2.75) is 32.0 Å². The summed E-state index contributed by atoms with van der Waals surface area (Å²) in [6.45, 7) is 3.96. The van der Waals surface area contributed by atoms with E-state index < -0.39 is 4.92 Å². The van der Waals surface area contributed by atoms with E-state index in [-0.39, 0.29) is 23.9 Å². The van der Waals surface area contributed by atoms with Gasteiger partial charge < -0.3 is 19.4 Å². The summed E-state index contributed by atoms with van der Waals surface area (Å²) in [5.41, 5.74) is 2.06. The molecule has 3 heterocycles. The van der Waals surface area contributed by atoms with Crippen LogP contribution in [0.5, 0.6) is 5.75 Å². The van der Waals surface area contributed by atoms with Crippen molar-refractivity contribution in [2.24, 2.45) is 0 Å². The van der Waals surface area contributed by atoms with Gasteiger partial charge in [0.15, 0.2) is 5.11 Å². The molecular weight excluding hydrogens is 476 g/mol. The molecule has 36 heavy (non-hydrogen) atoms. The van der Waals surface area contributed by atoms with Gasteiger partial charge in [0.25, 0.3) is 5.69 Å². The van der Waals surface area contributed by atoms with Gasteiger partial charge in [0.05, 0.1) is 28.3 Å². The number of rotatable bonds is 7. The number of thiocarbonyl (C=S) groups is 1. The highest BCUT2D eigenvalue weighted by Crippen LogP contribution is 2.43. The standard InChI is InChI=1S/C27H24N4O4S/c1-17(2)34-19-12-10-18(11-13-19)30-26(25(29-27(30)36)21-8-5-6-16-28-21)24-15-14-23(35-24)20-7-3-4-9-22(20)31(32)33/h3-17,25-26H,1-2H3,(H,29,36)/t25-,26+/m0/s1. The van der Waals surface area contributed by atoms with Crippen LogP contribution in [0.2, 0.25) is 0 Å². The molecule has 0 bridgehead atoms. The lowest BCUT2D eigenvalue weighted by Crippen LogP contribution is -2.29. The number of furan rings is 1. The Hall–Kier alpha value is -4.24. The van der Waals surface area contributed by atoms with Gasteiger partial charge in [-0.2, -0.15) is 0 Å². The molecule has 0 saturated carbocycles. The zero-order valence-electron chi connectivity index (χ0n) is 19.7. The van der Waals surface area contributed by atoms with Gasteiger partial charge in [-0.05, 0) is 80.7 Å². The molecule has 2 aromatic carbocycles. The molecule has 182 valence electrons. The highest BCUT2D eigenvalue weighted by molar-refractivity contribution is 7.80. The van der Waals surface area contributed by atoms with Crippen LogP contribution in [-0.2, 0) is 0 Å². The summed E-state index contributed by atoms with van der Waals surface area (Å²) < 4.78 is 12.1. The third-order valence-electron chi connectivity index (χ3n) is 5.87. The Kier molecular flexibility index (Phi) is 6.39. The number of nitrogens with one attached hydrogen (secondary N) is 1. The number of anilines is 1. The normalized spacial score (nSPS) is 17.3. The van der Waals surface area contributed by atoms with Crippen molar-refractivity contribution in [1.29, 1.82) is 0 Å². The number of nitrogens with zero attached hydrogens (tertiary/aromatic N) is 3. The second-order valence-electron chi connectivity index (χ2n) is 8.63. The van der Waals surface area contributed by atoms with Crippen molar-refractivity contribution >= 4 is 28.7 Å². The van der Waals surface area contributed by atoms with E-state index in [1.807, 2.05) is 67.3 Å². The van der Waals surface area contributed by atoms with Crippen molar-refractivity contribution in [2.75, 3.05) is 4.90 Å². The van der Waals surface area contributed by atoms with Gasteiger partial charge in [-0.25, -0.2) is 0 Å². The number of nitro groups is 1. The van der Waals surface area contributed by atoms with Gasteiger partial charge in [-0.3, -0.25) is 15.1 Å². The number of ether oxygens (including phenoxy) is 1. The largest absolute Gasteiger partial charge is 0.491 e. The first-order valence-electron chi connectivity index (χ1n) is 11.5. The summed E-state index contributed by atoms with van der Waals surface area (Å²) in [4.78, 5) is 17.7. The zero-order chi connectivity index (χ0) is 25.2. The quantitative estimate of drug-likeness (QED) is 0.182. The maximum absolute atomic E-state index is 11.6. The highest BCUT2D eigenvalue weighted by Gasteiger charge is 2.42. The molecule has 0 radical (unpaired) electrons. The van der Waals surface area contributed by atoms with Gasteiger partial charge in [0.2, 0.25) is 0 Å². The van der Waals surface area contributed by atoms with Gasteiger partial charge in [0.1, 0.15) is 23.3 Å². The summed E-state index contributed by atoms with van der Waals surface area (Å²) in [5, 5.41) is 15.5. The van der Waals surface area contributed by atoms with Crippen molar-refractivity contribution in [3.8, 4) is 17.1 Å². The van der Waals surface area contributed by atoms with Gasteiger partial charge in [-0.1, -0.05) is 18.2 Å². The first kappa shape index (κ1) is 23.5. The number of nitro benzene ring substituents is 1. The molecule has 1 aliphatic heterocycles. The maximum atomic E-state index is 11.6. The molecule has 0 aliphatic carbocycles. The van der Waals surface area contributed by atoms with E-state index in [0.717, 1.165) is 17.1 Å². The monoisotopic (exact) mass is 500 g/mol. The smallest absolute Gasteiger partial charge is 0.280 e. The summed E-state index contributed by atoms with van der Waals surface area (Å²) in [6, 6.07) is 22.9. The summed E-state index contributed by atoms with van der Waals surface area (Å²) in [6.07, 6.45) is 1.80. The third kappa shape index (κ3) is 4.52. The van der Waals surface area contributed by atoms with Crippen LogP contribution < -0.4 is 15.0 Å². The molecule has 0 amide bonds. The lowest BCUT2D eigenvalue weighted by Gasteiger charge is -2.26. The molecule has 8 nitrogen and oxygen atoms in total. The van der Waals surface area contributed by atoms with Gasteiger partial charge >= 0.3 is 0 Å². The molecule has 1 aliphatic rings. The second-order valence-corrected chi connectivity index (χ2v) is 9.02. The van der Waals surface area contributed by atoms with Crippen LogP contribution >= 0.6 is 12.2 Å². The minimum Gasteiger partial charge on any atom is -0.491 e. The molecule has 1 N–H and O–H groups in total. The van der Waals surface area contributed by atoms with Crippen molar-refractivity contribution in [3.63, 3.8) is 0 Å². The Morgan fingerprint density at radius 3 is 2.50 bits per heavy atom. The van der Waals surface area contributed by atoms with E-state index >= 15 is 0 Å². The van der Waals surface area contributed by atoms with Crippen molar-refractivity contribution in [3.05, 3.63) is 107 Å². The lowest BCUT2D eigenvalue weighted by molar-refractivity contribution is -0.384. The van der Waals surface area contributed by atoms with E-state index in [1.54, 1.807) is 30.5 Å². The van der Waals surface area contributed by atoms with Crippen LogP contribution in [0.1, 0.15) is 37.4 Å². The zero-order valence-corrected chi connectivity index (χ0v) is 20.5. The summed E-state index contributed by atoms with van der Waals surface area (Å²) >= 11 is 5.76. The molecule has 1 saturated heterocycles. The fourth-order valence-electron chi connectivity index (χ4n) is 4.38. The summed E-state index contributed by atoms with van der Waals surface area (Å²) in [5.74, 6) is 1.78. The molecule has 0 spiro atoms. The number of aromatic nitrogens is 1. The molecule has 1 fully saturated rings. The van der Waals surface area contributed by atoms with Crippen LogP contribution in [-0.4, -0.2) is 21.1 Å². The van der Waals surface area contributed by atoms with Crippen LogP contribution in [0.4, 0.5) is 11.4 Å². The first-order chi connectivity index (χ1) is 17.4. The number of benzene rings is 2. The molecule has 4 aromatic rings. The van der Waals surface area contributed by atoms with Crippen LogP contribution in [0, 0.1) is 10.1 Å². The van der Waals surface area contributed by atoms with Crippen LogP contribution in [0.25, 0.3) is 11.3 Å². The highest BCUT2D eigenvalue weighted by atomic mass is 32.1.